The van der Waals surface area contributed by atoms with Gasteiger partial charge < -0.3 is 16.0 Å². The van der Waals surface area contributed by atoms with Crippen molar-refractivity contribution in [1.29, 1.82) is 0 Å². The number of fused-ring (bicyclic) bond motifs is 1. The summed E-state index contributed by atoms with van der Waals surface area (Å²) in [5.41, 5.74) is 3.86. The molecule has 3 aromatic rings. The Kier molecular flexibility index (Phi) is 6.08. The largest absolute Gasteiger partial charge is 0.352 e. The van der Waals surface area contributed by atoms with E-state index in [9.17, 15) is 14.4 Å². The van der Waals surface area contributed by atoms with Gasteiger partial charge in [-0.15, -0.1) is 11.3 Å². The SMILES string of the molecule is Cc1csc(-c2cccc(CNC(=O)CCC3NC(=O)c4ccccc4NC3=O)c2)n1. The third kappa shape index (κ3) is 4.97. The van der Waals surface area contributed by atoms with Crippen LogP contribution >= 0.6 is 11.3 Å². The molecule has 0 saturated carbocycles. The number of nitrogens with one attached hydrogen (secondary N) is 3. The Morgan fingerprint density at radius 1 is 1.16 bits per heavy atom. The van der Waals surface area contributed by atoms with Gasteiger partial charge in [0.15, 0.2) is 0 Å². The van der Waals surface area contributed by atoms with Crippen molar-refractivity contribution in [3.63, 3.8) is 0 Å². The average Bonchev–Trinajstić information content (AvgIpc) is 3.17. The lowest BCUT2D eigenvalue weighted by atomic mass is 10.1. The van der Waals surface area contributed by atoms with Crippen LogP contribution in [0.15, 0.2) is 53.9 Å². The van der Waals surface area contributed by atoms with Crippen molar-refractivity contribution in [2.45, 2.75) is 32.4 Å². The molecule has 1 aliphatic heterocycles. The fourth-order valence-electron chi connectivity index (χ4n) is 3.38. The summed E-state index contributed by atoms with van der Waals surface area (Å²) in [7, 11) is 0. The first-order valence-corrected chi connectivity index (χ1v) is 10.9. The van der Waals surface area contributed by atoms with Crippen molar-refractivity contribution < 1.29 is 14.4 Å². The van der Waals surface area contributed by atoms with Crippen LogP contribution in [0.3, 0.4) is 0 Å². The fraction of sp³-hybridized carbons (Fsp3) is 0.217. The maximum atomic E-state index is 12.4. The van der Waals surface area contributed by atoms with Crippen LogP contribution in [0.4, 0.5) is 5.69 Å². The molecule has 1 aliphatic rings. The number of carbonyl (C=O) groups excluding carboxylic acids is 3. The van der Waals surface area contributed by atoms with Crippen LogP contribution in [-0.2, 0) is 16.1 Å². The number of amides is 3. The third-order valence-corrected chi connectivity index (χ3v) is 6.00. The molecular weight excluding hydrogens is 412 g/mol. The monoisotopic (exact) mass is 434 g/mol. The summed E-state index contributed by atoms with van der Waals surface area (Å²) < 4.78 is 0. The number of rotatable bonds is 6. The third-order valence-electron chi connectivity index (χ3n) is 4.99. The normalized spacial score (nSPS) is 15.5. The molecule has 2 aromatic carbocycles. The van der Waals surface area contributed by atoms with Crippen LogP contribution < -0.4 is 16.0 Å². The van der Waals surface area contributed by atoms with E-state index in [2.05, 4.69) is 20.9 Å². The summed E-state index contributed by atoms with van der Waals surface area (Å²) in [6.45, 7) is 2.34. The standard InChI is InChI=1S/C23H22N4O3S/c1-14-13-31-23(25-14)16-6-4-5-15(11-16)12-24-20(28)10-9-19-22(30)26-18-8-3-2-7-17(18)21(29)27-19/h2-8,11,13,19H,9-10,12H2,1H3,(H,24,28)(H,26,30)(H,27,29). The van der Waals surface area contributed by atoms with Gasteiger partial charge in [-0.1, -0.05) is 30.3 Å². The summed E-state index contributed by atoms with van der Waals surface area (Å²) in [5.74, 6) is -0.828. The molecule has 3 amide bonds. The van der Waals surface area contributed by atoms with Gasteiger partial charge in [0, 0.05) is 29.6 Å². The summed E-state index contributed by atoms with van der Waals surface area (Å²) in [4.78, 5) is 41.6. The Morgan fingerprint density at radius 3 is 2.81 bits per heavy atom. The molecular formula is C23H22N4O3S. The molecule has 3 N–H and O–H groups in total. The maximum Gasteiger partial charge on any atom is 0.254 e. The highest BCUT2D eigenvalue weighted by molar-refractivity contribution is 7.13. The second-order valence-corrected chi connectivity index (χ2v) is 8.23. The van der Waals surface area contributed by atoms with E-state index >= 15 is 0 Å². The fourth-order valence-corrected chi connectivity index (χ4v) is 4.17. The molecule has 0 fully saturated rings. The molecule has 1 atom stereocenters. The number of hydrogen-bond acceptors (Lipinski definition) is 5. The van der Waals surface area contributed by atoms with Crippen LogP contribution in [0.2, 0.25) is 0 Å². The van der Waals surface area contributed by atoms with Crippen LogP contribution in [-0.4, -0.2) is 28.7 Å². The Balaban J connectivity index is 1.31. The molecule has 1 unspecified atom stereocenters. The number of thiazole rings is 1. The summed E-state index contributed by atoms with van der Waals surface area (Å²) >= 11 is 1.59. The van der Waals surface area contributed by atoms with E-state index in [1.165, 1.54) is 0 Å². The second-order valence-electron chi connectivity index (χ2n) is 7.37. The molecule has 31 heavy (non-hydrogen) atoms. The van der Waals surface area contributed by atoms with Crippen molar-refractivity contribution in [1.82, 2.24) is 15.6 Å². The first-order valence-electron chi connectivity index (χ1n) is 9.98. The number of anilines is 1. The van der Waals surface area contributed by atoms with Crippen molar-refractivity contribution >= 4 is 34.7 Å². The predicted molar refractivity (Wildman–Crippen MR) is 120 cm³/mol. The molecule has 8 heteroatoms. The zero-order valence-electron chi connectivity index (χ0n) is 17.0. The molecule has 158 valence electrons. The minimum atomic E-state index is -0.762. The molecule has 0 aliphatic carbocycles. The zero-order valence-corrected chi connectivity index (χ0v) is 17.8. The molecule has 2 heterocycles. The lowest BCUT2D eigenvalue weighted by Crippen LogP contribution is -2.42. The summed E-state index contributed by atoms with van der Waals surface area (Å²) in [5, 5.41) is 11.3. The van der Waals surface area contributed by atoms with Crippen molar-refractivity contribution in [3.05, 3.63) is 70.7 Å². The number of hydrogen-bond donors (Lipinski definition) is 3. The Morgan fingerprint density at radius 2 is 2.00 bits per heavy atom. The van der Waals surface area contributed by atoms with E-state index < -0.39 is 6.04 Å². The first-order chi connectivity index (χ1) is 15.0. The van der Waals surface area contributed by atoms with Crippen molar-refractivity contribution in [2.75, 3.05) is 5.32 Å². The lowest BCUT2D eigenvalue weighted by molar-refractivity contribution is -0.122. The number of benzene rings is 2. The van der Waals surface area contributed by atoms with Gasteiger partial charge in [-0.05, 0) is 37.1 Å². The zero-order chi connectivity index (χ0) is 21.8. The van der Waals surface area contributed by atoms with Gasteiger partial charge in [0.05, 0.1) is 11.3 Å². The highest BCUT2D eigenvalue weighted by atomic mass is 32.1. The Bertz CT molecular complexity index is 1140. The van der Waals surface area contributed by atoms with Gasteiger partial charge in [0.25, 0.3) is 5.91 Å². The number of nitrogens with zero attached hydrogens (tertiary/aromatic N) is 1. The summed E-state index contributed by atoms with van der Waals surface area (Å²) in [6.07, 6.45) is 0.343. The highest BCUT2D eigenvalue weighted by Gasteiger charge is 2.27. The van der Waals surface area contributed by atoms with Crippen molar-refractivity contribution in [2.24, 2.45) is 0 Å². The average molecular weight is 435 g/mol. The van der Waals surface area contributed by atoms with E-state index in [1.807, 2.05) is 36.6 Å². The molecule has 1 aromatic heterocycles. The van der Waals surface area contributed by atoms with Gasteiger partial charge in [-0.25, -0.2) is 4.98 Å². The van der Waals surface area contributed by atoms with Crippen LogP contribution in [0.1, 0.15) is 34.5 Å². The van der Waals surface area contributed by atoms with Crippen LogP contribution in [0, 0.1) is 6.92 Å². The van der Waals surface area contributed by atoms with E-state index in [4.69, 9.17) is 0 Å². The van der Waals surface area contributed by atoms with E-state index in [0.717, 1.165) is 21.8 Å². The second kappa shape index (κ2) is 9.09. The van der Waals surface area contributed by atoms with E-state index in [0.29, 0.717) is 17.8 Å². The quantitative estimate of drug-likeness (QED) is 0.554. The molecule has 0 saturated heterocycles. The predicted octanol–water partition coefficient (Wildman–Crippen LogP) is 3.27. The van der Waals surface area contributed by atoms with Crippen molar-refractivity contribution in [3.8, 4) is 10.6 Å². The number of para-hydroxylation sites is 1. The molecule has 0 spiro atoms. The van der Waals surface area contributed by atoms with Gasteiger partial charge in [-0.2, -0.15) is 0 Å². The topological polar surface area (TPSA) is 100 Å². The van der Waals surface area contributed by atoms with Gasteiger partial charge in [0.1, 0.15) is 11.0 Å². The molecule has 0 bridgehead atoms. The van der Waals surface area contributed by atoms with Crippen LogP contribution in [0.5, 0.6) is 0 Å². The molecule has 0 radical (unpaired) electrons. The number of aryl methyl sites for hydroxylation is 1. The van der Waals surface area contributed by atoms with E-state index in [-0.39, 0.29) is 30.6 Å². The smallest absolute Gasteiger partial charge is 0.254 e. The highest BCUT2D eigenvalue weighted by Crippen LogP contribution is 2.24. The van der Waals surface area contributed by atoms with Gasteiger partial charge >= 0.3 is 0 Å². The Labute approximate surface area is 183 Å². The summed E-state index contributed by atoms with van der Waals surface area (Å²) in [6, 6.07) is 14.0. The first kappa shape index (κ1) is 20.7. The van der Waals surface area contributed by atoms with Gasteiger partial charge in [-0.3, -0.25) is 14.4 Å². The van der Waals surface area contributed by atoms with Crippen LogP contribution in [0.25, 0.3) is 10.6 Å². The van der Waals surface area contributed by atoms with E-state index in [1.54, 1.807) is 35.6 Å². The Hall–Kier alpha value is -3.52. The van der Waals surface area contributed by atoms with Gasteiger partial charge in [0.2, 0.25) is 11.8 Å². The lowest BCUT2D eigenvalue weighted by Gasteiger charge is -2.14. The minimum Gasteiger partial charge on any atom is -0.352 e. The maximum absolute atomic E-state index is 12.4. The molecule has 4 rings (SSSR count). The number of aromatic nitrogens is 1. The minimum absolute atomic E-state index is 0.125. The number of carbonyl (C=O) groups is 3. The molecule has 7 nitrogen and oxygen atoms in total.